The number of aromatic amines is 3. The van der Waals surface area contributed by atoms with E-state index in [9.17, 15) is 4.79 Å². The predicted octanol–water partition coefficient (Wildman–Crippen LogP) is 3.33. The van der Waals surface area contributed by atoms with Crippen molar-refractivity contribution in [3.8, 4) is 22.6 Å². The average Bonchev–Trinajstić information content (AvgIpc) is 3.77. The highest BCUT2D eigenvalue weighted by molar-refractivity contribution is 5.91. The van der Waals surface area contributed by atoms with Gasteiger partial charge in [-0.15, -0.1) is 10.2 Å². The highest BCUT2D eigenvalue weighted by Gasteiger charge is 2.45. The van der Waals surface area contributed by atoms with Gasteiger partial charge in [0.25, 0.3) is 5.91 Å². The van der Waals surface area contributed by atoms with E-state index in [1.165, 1.54) is 6.33 Å². The van der Waals surface area contributed by atoms with Crippen LogP contribution in [-0.4, -0.2) is 72.6 Å². The first kappa shape index (κ1) is 21.2. The number of carbonyl (C=O) groups is 1. The van der Waals surface area contributed by atoms with Crippen molar-refractivity contribution in [2.45, 2.75) is 43.7 Å². The lowest BCUT2D eigenvalue weighted by atomic mass is 9.86. The second-order valence-corrected chi connectivity index (χ2v) is 10.0. The summed E-state index contributed by atoms with van der Waals surface area (Å²) < 4.78 is 1.87. The molecule has 0 aromatic carbocycles. The number of amides is 1. The third-order valence-corrected chi connectivity index (χ3v) is 7.97. The molecule has 3 N–H and O–H groups in total. The van der Waals surface area contributed by atoms with Gasteiger partial charge in [-0.25, -0.2) is 9.97 Å². The molecule has 0 saturated carbocycles. The lowest BCUT2D eigenvalue weighted by Gasteiger charge is -2.38. The van der Waals surface area contributed by atoms with Crippen molar-refractivity contribution in [1.29, 1.82) is 0 Å². The molecule has 2 fully saturated rings. The number of fused-ring (bicyclic) bond motifs is 5. The number of nitrogens with one attached hydrogen (secondary N) is 3. The molecular weight excluding hydrogens is 482 g/mol. The Hall–Kier alpha value is -4.87. The molecule has 8 heterocycles. The first-order valence-electron chi connectivity index (χ1n) is 12.7. The molecule has 6 aromatic rings. The molecule has 6 aromatic heterocycles. The zero-order chi connectivity index (χ0) is 25.2. The Kier molecular flexibility index (Phi) is 4.51. The van der Waals surface area contributed by atoms with Crippen molar-refractivity contribution in [2.75, 3.05) is 0 Å². The van der Waals surface area contributed by atoms with Crippen LogP contribution in [0.15, 0.2) is 55.5 Å². The van der Waals surface area contributed by atoms with E-state index in [1.54, 1.807) is 12.4 Å². The van der Waals surface area contributed by atoms with Crippen LogP contribution in [0.3, 0.4) is 0 Å². The summed E-state index contributed by atoms with van der Waals surface area (Å²) in [5, 5.41) is 13.5. The Morgan fingerprint density at radius 2 is 1.87 bits per heavy atom. The molecule has 12 nitrogen and oxygen atoms in total. The molecule has 0 spiro atoms. The zero-order valence-corrected chi connectivity index (χ0v) is 20.2. The molecule has 8 rings (SSSR count). The Labute approximate surface area is 215 Å². The third-order valence-electron chi connectivity index (χ3n) is 7.97. The number of pyridine rings is 1. The fraction of sp³-hybridized carbons (Fsp3) is 0.269. The van der Waals surface area contributed by atoms with Gasteiger partial charge in [0, 0.05) is 59.3 Å². The molecule has 2 bridgehead atoms. The van der Waals surface area contributed by atoms with Crippen LogP contribution in [-0.2, 0) is 0 Å². The fourth-order valence-electron chi connectivity index (χ4n) is 6.31. The molecule has 0 aliphatic carbocycles. The minimum atomic E-state index is -0.0628. The monoisotopic (exact) mass is 505 g/mol. The Balaban J connectivity index is 1.17. The molecule has 0 radical (unpaired) electrons. The van der Waals surface area contributed by atoms with Crippen LogP contribution in [0.4, 0.5) is 0 Å². The number of nitrogens with zero attached hydrogens (tertiary/aromatic N) is 8. The maximum absolute atomic E-state index is 13.1. The van der Waals surface area contributed by atoms with Crippen molar-refractivity contribution >= 4 is 22.6 Å². The quantitative estimate of drug-likeness (QED) is 0.333. The molecule has 2 saturated heterocycles. The SMILES string of the molecule is O=C(c1nnc[nH]1)N1[C@@H]2CC[C@H]1C[C@H](c1nc3c(-c4ccc(-c5ncc[nH]5)nc4)cnn3c3[nH]ccc13)C2. The highest BCUT2D eigenvalue weighted by Crippen LogP contribution is 2.45. The second-order valence-electron chi connectivity index (χ2n) is 10.0. The molecule has 38 heavy (non-hydrogen) atoms. The smallest absolute Gasteiger partial charge is 0.292 e. The second kappa shape index (κ2) is 8.07. The van der Waals surface area contributed by atoms with E-state index in [2.05, 4.69) is 46.3 Å². The van der Waals surface area contributed by atoms with Crippen LogP contribution in [0.5, 0.6) is 0 Å². The van der Waals surface area contributed by atoms with Crippen LogP contribution in [0, 0.1) is 0 Å². The summed E-state index contributed by atoms with van der Waals surface area (Å²) in [6.45, 7) is 0. The molecule has 2 aliphatic heterocycles. The fourth-order valence-corrected chi connectivity index (χ4v) is 6.31. The lowest BCUT2D eigenvalue weighted by molar-refractivity contribution is 0.0558. The van der Waals surface area contributed by atoms with E-state index in [-0.39, 0.29) is 23.9 Å². The summed E-state index contributed by atoms with van der Waals surface area (Å²) >= 11 is 0. The van der Waals surface area contributed by atoms with Gasteiger partial charge in [0.05, 0.1) is 11.9 Å². The summed E-state index contributed by atoms with van der Waals surface area (Å²) in [5.41, 5.74) is 5.39. The number of aromatic nitrogens is 10. The van der Waals surface area contributed by atoms with Gasteiger partial charge in [0.2, 0.25) is 5.82 Å². The standard InChI is InChI=1S/C26H23N11O/c38-26(23-31-13-32-35-23)36-16-2-3-17(36)10-15(9-16)21-18-5-6-29-24(18)37-25(34-21)19(12-33-37)14-1-4-20(30-11-14)22-27-7-8-28-22/h1,4-8,11-13,15-17,29H,2-3,9-10H2,(H,27,28)(H,31,32,35)/t15-,16-,17+. The van der Waals surface area contributed by atoms with Gasteiger partial charge in [-0.05, 0) is 37.8 Å². The van der Waals surface area contributed by atoms with Crippen LogP contribution in [0.1, 0.15) is 47.9 Å². The minimum absolute atomic E-state index is 0.0628. The zero-order valence-electron chi connectivity index (χ0n) is 20.2. The highest BCUT2D eigenvalue weighted by atomic mass is 16.2. The first-order valence-corrected chi connectivity index (χ1v) is 12.7. The number of carbonyl (C=O) groups excluding carboxylic acids is 1. The van der Waals surface area contributed by atoms with Gasteiger partial charge in [-0.3, -0.25) is 9.78 Å². The molecule has 12 heteroatoms. The lowest BCUT2D eigenvalue weighted by Crippen LogP contribution is -2.46. The molecule has 0 unspecified atom stereocenters. The first-order chi connectivity index (χ1) is 18.7. The maximum Gasteiger partial charge on any atom is 0.292 e. The molecule has 188 valence electrons. The van der Waals surface area contributed by atoms with E-state index in [4.69, 9.17) is 4.98 Å². The van der Waals surface area contributed by atoms with Gasteiger partial charge in [0.1, 0.15) is 17.7 Å². The van der Waals surface area contributed by atoms with Crippen LogP contribution in [0.2, 0.25) is 0 Å². The van der Waals surface area contributed by atoms with E-state index in [1.807, 2.05) is 40.1 Å². The van der Waals surface area contributed by atoms with Crippen molar-refractivity contribution < 1.29 is 4.79 Å². The number of hydrogen-bond acceptors (Lipinski definition) is 7. The largest absolute Gasteiger partial charge is 0.346 e. The van der Waals surface area contributed by atoms with E-state index in [0.717, 1.165) is 70.7 Å². The molecule has 2 aliphatic rings. The van der Waals surface area contributed by atoms with Gasteiger partial charge < -0.3 is 19.9 Å². The van der Waals surface area contributed by atoms with Crippen molar-refractivity contribution in [3.05, 3.63) is 67.0 Å². The van der Waals surface area contributed by atoms with Gasteiger partial charge in [-0.1, -0.05) is 6.07 Å². The van der Waals surface area contributed by atoms with Crippen LogP contribution in [0.25, 0.3) is 39.3 Å². The van der Waals surface area contributed by atoms with Gasteiger partial charge in [-0.2, -0.15) is 9.61 Å². The Bertz CT molecular complexity index is 1750. The van der Waals surface area contributed by atoms with Gasteiger partial charge in [0.15, 0.2) is 11.5 Å². The number of imidazole rings is 1. The Morgan fingerprint density at radius 3 is 2.61 bits per heavy atom. The van der Waals surface area contributed by atoms with Crippen molar-refractivity contribution in [2.24, 2.45) is 0 Å². The third kappa shape index (κ3) is 3.12. The summed E-state index contributed by atoms with van der Waals surface area (Å²) in [4.78, 5) is 38.6. The van der Waals surface area contributed by atoms with E-state index >= 15 is 0 Å². The summed E-state index contributed by atoms with van der Waals surface area (Å²) in [6.07, 6.45) is 14.3. The van der Waals surface area contributed by atoms with Crippen molar-refractivity contribution in [1.82, 2.24) is 54.6 Å². The maximum atomic E-state index is 13.1. The van der Waals surface area contributed by atoms with Crippen LogP contribution < -0.4 is 0 Å². The van der Waals surface area contributed by atoms with E-state index < -0.39 is 0 Å². The molecule has 1 amide bonds. The number of rotatable bonds is 4. The normalized spacial score (nSPS) is 21.1. The topological polar surface area (TPSA) is 149 Å². The average molecular weight is 506 g/mol. The summed E-state index contributed by atoms with van der Waals surface area (Å²) in [6, 6.07) is 6.37. The van der Waals surface area contributed by atoms with Crippen LogP contribution >= 0.6 is 0 Å². The summed E-state index contributed by atoms with van der Waals surface area (Å²) in [7, 11) is 0. The number of piperidine rings is 1. The summed E-state index contributed by atoms with van der Waals surface area (Å²) in [5.74, 6) is 1.21. The predicted molar refractivity (Wildman–Crippen MR) is 137 cm³/mol. The number of H-pyrrole nitrogens is 3. The molecule has 3 atom stereocenters. The molecular formula is C26H23N11O. The minimum Gasteiger partial charge on any atom is -0.346 e. The van der Waals surface area contributed by atoms with Gasteiger partial charge >= 0.3 is 0 Å². The number of hydrogen-bond donors (Lipinski definition) is 3. The van der Waals surface area contributed by atoms with Crippen molar-refractivity contribution in [3.63, 3.8) is 0 Å². The Morgan fingerprint density at radius 1 is 0.974 bits per heavy atom. The van der Waals surface area contributed by atoms with E-state index in [0.29, 0.717) is 5.82 Å².